The van der Waals surface area contributed by atoms with E-state index in [0.29, 0.717) is 6.04 Å². The van der Waals surface area contributed by atoms with Gasteiger partial charge in [-0.05, 0) is 32.5 Å². The van der Waals surface area contributed by atoms with Crippen LogP contribution < -0.4 is 5.73 Å². The van der Waals surface area contributed by atoms with E-state index in [9.17, 15) is 0 Å². The van der Waals surface area contributed by atoms with Crippen LogP contribution in [0.15, 0.2) is 24.3 Å². The van der Waals surface area contributed by atoms with Crippen molar-refractivity contribution in [2.24, 2.45) is 5.73 Å². The maximum atomic E-state index is 6.23. The molecule has 1 aromatic rings. The molecule has 2 unspecified atom stereocenters. The van der Waals surface area contributed by atoms with Crippen LogP contribution in [0.3, 0.4) is 0 Å². The van der Waals surface area contributed by atoms with Gasteiger partial charge in [0.15, 0.2) is 0 Å². The van der Waals surface area contributed by atoms with E-state index >= 15 is 0 Å². The second-order valence-electron chi connectivity index (χ2n) is 4.50. The van der Waals surface area contributed by atoms with Gasteiger partial charge in [-0.25, -0.2) is 0 Å². The summed E-state index contributed by atoms with van der Waals surface area (Å²) in [6.07, 6.45) is 1.00. The van der Waals surface area contributed by atoms with Gasteiger partial charge in [-0.15, -0.1) is 0 Å². The predicted molar refractivity (Wildman–Crippen MR) is 70.5 cm³/mol. The highest BCUT2D eigenvalue weighted by atomic mass is 15.1. The minimum absolute atomic E-state index is 0.201. The van der Waals surface area contributed by atoms with Crippen molar-refractivity contribution in [1.29, 1.82) is 0 Å². The Labute approximate surface area is 99.5 Å². The quantitative estimate of drug-likeness (QED) is 0.826. The first-order valence-corrected chi connectivity index (χ1v) is 6.12. The number of likely N-dealkylation sites (N-methyl/N-ethyl adjacent to an activating group) is 1. The predicted octanol–water partition coefficient (Wildman–Crippen LogP) is 2.73. The first-order valence-electron chi connectivity index (χ1n) is 6.12. The number of hydrogen-bond acceptors (Lipinski definition) is 2. The summed E-state index contributed by atoms with van der Waals surface area (Å²) in [5.41, 5.74) is 8.87. The van der Waals surface area contributed by atoms with Gasteiger partial charge in [0, 0.05) is 12.1 Å². The van der Waals surface area contributed by atoms with Gasteiger partial charge in [0.2, 0.25) is 0 Å². The number of hydrogen-bond donors (Lipinski definition) is 1. The van der Waals surface area contributed by atoms with E-state index in [1.54, 1.807) is 0 Å². The van der Waals surface area contributed by atoms with Crippen molar-refractivity contribution < 1.29 is 0 Å². The number of benzene rings is 1. The van der Waals surface area contributed by atoms with Crippen LogP contribution in [0.5, 0.6) is 0 Å². The standard InChI is InChI=1S/C14H24N2/c1-5-13(15)14(16(4)6-2)12-9-7-8-11(3)10-12/h7-10,13-14H,5-6,15H2,1-4H3. The summed E-state index contributed by atoms with van der Waals surface area (Å²) in [5, 5.41) is 0. The van der Waals surface area contributed by atoms with E-state index in [1.807, 2.05) is 0 Å². The molecule has 0 radical (unpaired) electrons. The molecule has 0 aliphatic carbocycles. The van der Waals surface area contributed by atoms with Crippen molar-refractivity contribution >= 4 is 0 Å². The van der Waals surface area contributed by atoms with Crippen LogP contribution in [-0.2, 0) is 0 Å². The Morgan fingerprint density at radius 2 is 2.00 bits per heavy atom. The van der Waals surface area contributed by atoms with E-state index in [4.69, 9.17) is 5.73 Å². The second-order valence-corrected chi connectivity index (χ2v) is 4.50. The largest absolute Gasteiger partial charge is 0.326 e. The van der Waals surface area contributed by atoms with E-state index in [-0.39, 0.29) is 6.04 Å². The SMILES string of the molecule is CCC(N)C(c1cccc(C)c1)N(C)CC. The summed E-state index contributed by atoms with van der Waals surface area (Å²) in [6.45, 7) is 7.47. The lowest BCUT2D eigenvalue weighted by Crippen LogP contribution is -2.38. The third-order valence-corrected chi connectivity index (χ3v) is 3.23. The first kappa shape index (κ1) is 13.2. The van der Waals surface area contributed by atoms with Crippen molar-refractivity contribution in [3.63, 3.8) is 0 Å². The third-order valence-electron chi connectivity index (χ3n) is 3.23. The number of nitrogens with zero attached hydrogens (tertiary/aromatic N) is 1. The van der Waals surface area contributed by atoms with Crippen molar-refractivity contribution in [3.8, 4) is 0 Å². The van der Waals surface area contributed by atoms with Gasteiger partial charge in [-0.2, -0.15) is 0 Å². The molecule has 0 saturated heterocycles. The van der Waals surface area contributed by atoms with E-state index in [0.717, 1.165) is 13.0 Å². The van der Waals surface area contributed by atoms with Gasteiger partial charge < -0.3 is 5.73 Å². The average molecular weight is 220 g/mol. The molecule has 0 saturated carbocycles. The molecule has 16 heavy (non-hydrogen) atoms. The molecule has 0 bridgehead atoms. The molecule has 2 heteroatoms. The molecule has 0 aliphatic rings. The lowest BCUT2D eigenvalue weighted by molar-refractivity contribution is 0.220. The molecule has 0 heterocycles. The van der Waals surface area contributed by atoms with Crippen LogP contribution in [0.25, 0.3) is 0 Å². The first-order chi connectivity index (χ1) is 7.60. The maximum absolute atomic E-state index is 6.23. The molecule has 0 amide bonds. The highest BCUT2D eigenvalue weighted by Crippen LogP contribution is 2.24. The zero-order valence-electron chi connectivity index (χ0n) is 10.9. The Morgan fingerprint density at radius 3 is 2.50 bits per heavy atom. The Morgan fingerprint density at radius 1 is 1.31 bits per heavy atom. The van der Waals surface area contributed by atoms with Gasteiger partial charge in [0.25, 0.3) is 0 Å². The molecular weight excluding hydrogens is 196 g/mol. The van der Waals surface area contributed by atoms with Gasteiger partial charge >= 0.3 is 0 Å². The third kappa shape index (κ3) is 3.06. The van der Waals surface area contributed by atoms with Gasteiger partial charge in [0.05, 0.1) is 0 Å². The molecule has 2 nitrogen and oxygen atoms in total. The van der Waals surface area contributed by atoms with Crippen molar-refractivity contribution in [2.75, 3.05) is 13.6 Å². The van der Waals surface area contributed by atoms with E-state index in [1.165, 1.54) is 11.1 Å². The van der Waals surface area contributed by atoms with Crippen LogP contribution >= 0.6 is 0 Å². The summed E-state index contributed by atoms with van der Waals surface area (Å²) in [6, 6.07) is 9.20. The highest BCUT2D eigenvalue weighted by molar-refractivity contribution is 5.26. The Hall–Kier alpha value is -0.860. The summed E-state index contributed by atoms with van der Waals surface area (Å²) >= 11 is 0. The highest BCUT2D eigenvalue weighted by Gasteiger charge is 2.21. The monoisotopic (exact) mass is 220 g/mol. The maximum Gasteiger partial charge on any atom is 0.0496 e. The van der Waals surface area contributed by atoms with E-state index in [2.05, 4.69) is 57.0 Å². The fraction of sp³-hybridized carbons (Fsp3) is 0.571. The fourth-order valence-electron chi connectivity index (χ4n) is 2.10. The summed E-state index contributed by atoms with van der Waals surface area (Å²) in [4.78, 5) is 2.32. The smallest absolute Gasteiger partial charge is 0.0496 e. The summed E-state index contributed by atoms with van der Waals surface area (Å²) in [7, 11) is 2.14. The molecule has 2 atom stereocenters. The zero-order valence-corrected chi connectivity index (χ0v) is 10.9. The lowest BCUT2D eigenvalue weighted by Gasteiger charge is -2.32. The molecule has 90 valence electrons. The Bertz CT molecular complexity index is 312. The van der Waals surface area contributed by atoms with Gasteiger partial charge in [-0.1, -0.05) is 43.7 Å². The van der Waals surface area contributed by atoms with Crippen LogP contribution in [0.4, 0.5) is 0 Å². The fourth-order valence-corrected chi connectivity index (χ4v) is 2.10. The Kier molecular flexibility index (Phi) is 4.97. The van der Waals surface area contributed by atoms with Crippen molar-refractivity contribution in [2.45, 2.75) is 39.3 Å². The molecule has 0 aromatic heterocycles. The van der Waals surface area contributed by atoms with Crippen LogP contribution in [-0.4, -0.2) is 24.5 Å². The van der Waals surface area contributed by atoms with Crippen LogP contribution in [0.1, 0.15) is 37.4 Å². The Balaban J connectivity index is 3.00. The average Bonchev–Trinajstić information content (AvgIpc) is 2.29. The summed E-state index contributed by atoms with van der Waals surface area (Å²) in [5.74, 6) is 0. The number of aryl methyl sites for hydroxylation is 1. The van der Waals surface area contributed by atoms with Crippen molar-refractivity contribution in [1.82, 2.24) is 4.90 Å². The minimum atomic E-state index is 0.201. The molecular formula is C14H24N2. The van der Waals surface area contributed by atoms with Crippen LogP contribution in [0, 0.1) is 6.92 Å². The van der Waals surface area contributed by atoms with Crippen LogP contribution in [0.2, 0.25) is 0 Å². The second kappa shape index (κ2) is 6.02. The normalized spacial score (nSPS) is 15.1. The topological polar surface area (TPSA) is 29.3 Å². The lowest BCUT2D eigenvalue weighted by atomic mass is 9.95. The molecule has 2 N–H and O–H groups in total. The zero-order chi connectivity index (χ0) is 12.1. The molecule has 1 aromatic carbocycles. The number of rotatable bonds is 5. The molecule has 0 aliphatic heterocycles. The minimum Gasteiger partial charge on any atom is -0.326 e. The number of nitrogens with two attached hydrogens (primary N) is 1. The molecule has 0 spiro atoms. The van der Waals surface area contributed by atoms with Crippen molar-refractivity contribution in [3.05, 3.63) is 35.4 Å². The molecule has 0 fully saturated rings. The van der Waals surface area contributed by atoms with Gasteiger partial charge in [0.1, 0.15) is 0 Å². The van der Waals surface area contributed by atoms with E-state index < -0.39 is 0 Å². The molecule has 1 rings (SSSR count). The van der Waals surface area contributed by atoms with Gasteiger partial charge in [-0.3, -0.25) is 4.90 Å². The summed E-state index contributed by atoms with van der Waals surface area (Å²) < 4.78 is 0.